The van der Waals surface area contributed by atoms with Crippen molar-refractivity contribution < 1.29 is 23.9 Å². The number of unbranched alkanes of at least 4 members (excludes halogenated alkanes) is 3. The minimum absolute atomic E-state index is 0.0256. The number of ether oxygens (including phenoxy) is 2. The van der Waals surface area contributed by atoms with Crippen molar-refractivity contribution in [1.82, 2.24) is 5.32 Å². The molecule has 0 spiro atoms. The lowest BCUT2D eigenvalue weighted by Crippen LogP contribution is -2.40. The second kappa shape index (κ2) is 11.2. The van der Waals surface area contributed by atoms with E-state index in [1.807, 2.05) is 0 Å². The Hall–Kier alpha value is -1.63. The highest BCUT2D eigenvalue weighted by Gasteiger charge is 2.31. The summed E-state index contributed by atoms with van der Waals surface area (Å²) in [5, 5.41) is 2.58. The van der Waals surface area contributed by atoms with Crippen LogP contribution in [0.3, 0.4) is 0 Å². The summed E-state index contributed by atoms with van der Waals surface area (Å²) in [4.78, 5) is 35.1. The predicted octanol–water partition coefficient (Wildman–Crippen LogP) is 2.45. The largest absolute Gasteiger partial charge is 0.460 e. The summed E-state index contributed by atoms with van der Waals surface area (Å²) in [6, 6.07) is -0.716. The smallest absolute Gasteiger partial charge is 0.323 e. The molecule has 0 aliphatic heterocycles. The molecule has 3 N–H and O–H groups in total. The van der Waals surface area contributed by atoms with Gasteiger partial charge in [0.15, 0.2) is 0 Å². The SMILES string of the molecule is CNC(=O)CCCCCCC(N)C(=O)OC(C)(C)CC(=O)OC(C)(C)C. The van der Waals surface area contributed by atoms with Gasteiger partial charge in [0.25, 0.3) is 0 Å². The molecule has 26 heavy (non-hydrogen) atoms. The molecule has 0 saturated carbocycles. The first kappa shape index (κ1) is 24.4. The second-order valence-corrected chi connectivity index (χ2v) is 8.18. The molecule has 0 radical (unpaired) electrons. The molecule has 0 bridgehead atoms. The molecule has 0 saturated heterocycles. The van der Waals surface area contributed by atoms with Crippen molar-refractivity contribution in [2.24, 2.45) is 5.73 Å². The van der Waals surface area contributed by atoms with Gasteiger partial charge >= 0.3 is 11.9 Å². The standard InChI is InChI=1S/C19H36N2O5/c1-18(2,3)25-16(23)13-19(4,5)26-17(24)14(20)11-9-7-8-10-12-15(22)21-6/h14H,7-13,20H2,1-6H3,(H,21,22). The third-order valence-electron chi connectivity index (χ3n) is 3.62. The normalized spacial score (nSPS) is 13.0. The molecule has 0 rings (SSSR count). The van der Waals surface area contributed by atoms with Gasteiger partial charge in [-0.3, -0.25) is 14.4 Å². The minimum Gasteiger partial charge on any atom is -0.460 e. The summed E-state index contributed by atoms with van der Waals surface area (Å²) in [5.74, 6) is -0.888. The van der Waals surface area contributed by atoms with Crippen LogP contribution in [0.25, 0.3) is 0 Å². The van der Waals surface area contributed by atoms with Gasteiger partial charge < -0.3 is 20.5 Å². The number of amides is 1. The van der Waals surface area contributed by atoms with E-state index in [9.17, 15) is 14.4 Å². The van der Waals surface area contributed by atoms with Crippen LogP contribution in [0.15, 0.2) is 0 Å². The number of rotatable bonds is 11. The van der Waals surface area contributed by atoms with Gasteiger partial charge in [0.2, 0.25) is 5.91 Å². The molecule has 0 aromatic carbocycles. The zero-order valence-electron chi connectivity index (χ0n) is 17.1. The fourth-order valence-corrected chi connectivity index (χ4v) is 2.36. The van der Waals surface area contributed by atoms with Crippen LogP contribution in [0.1, 0.15) is 79.6 Å². The number of esters is 2. The predicted molar refractivity (Wildman–Crippen MR) is 100 cm³/mol. The third-order valence-corrected chi connectivity index (χ3v) is 3.62. The Morgan fingerprint density at radius 1 is 0.962 bits per heavy atom. The van der Waals surface area contributed by atoms with Crippen LogP contribution in [0, 0.1) is 0 Å². The van der Waals surface area contributed by atoms with E-state index >= 15 is 0 Å². The minimum atomic E-state index is -0.968. The van der Waals surface area contributed by atoms with Gasteiger partial charge in [0, 0.05) is 13.5 Å². The van der Waals surface area contributed by atoms with Gasteiger partial charge in [-0.15, -0.1) is 0 Å². The summed E-state index contributed by atoms with van der Waals surface area (Å²) in [5.41, 5.74) is 4.34. The van der Waals surface area contributed by atoms with Crippen LogP contribution in [0.4, 0.5) is 0 Å². The Labute approximate surface area is 157 Å². The van der Waals surface area contributed by atoms with E-state index in [2.05, 4.69) is 5.32 Å². The van der Waals surface area contributed by atoms with E-state index in [1.54, 1.807) is 41.7 Å². The van der Waals surface area contributed by atoms with Gasteiger partial charge in [-0.1, -0.05) is 19.3 Å². The summed E-state index contributed by atoms with van der Waals surface area (Å²) in [6.45, 7) is 8.69. The van der Waals surface area contributed by atoms with E-state index in [4.69, 9.17) is 15.2 Å². The Kier molecular flexibility index (Phi) is 10.5. The summed E-state index contributed by atoms with van der Waals surface area (Å²) < 4.78 is 10.6. The number of nitrogens with two attached hydrogens (primary N) is 1. The molecule has 152 valence electrons. The highest BCUT2D eigenvalue weighted by molar-refractivity contribution is 5.77. The van der Waals surface area contributed by atoms with Crippen molar-refractivity contribution in [2.45, 2.75) is 96.8 Å². The lowest BCUT2D eigenvalue weighted by molar-refractivity contribution is -0.169. The summed E-state index contributed by atoms with van der Waals surface area (Å²) in [7, 11) is 1.62. The summed E-state index contributed by atoms with van der Waals surface area (Å²) in [6.07, 6.45) is 4.43. The first-order valence-electron chi connectivity index (χ1n) is 9.27. The summed E-state index contributed by atoms with van der Waals surface area (Å²) >= 11 is 0. The van der Waals surface area contributed by atoms with Crippen molar-refractivity contribution >= 4 is 17.8 Å². The van der Waals surface area contributed by atoms with Crippen molar-refractivity contribution in [2.75, 3.05) is 7.05 Å². The molecule has 0 aliphatic carbocycles. The maximum absolute atomic E-state index is 12.1. The van der Waals surface area contributed by atoms with Gasteiger partial charge in [0.05, 0.1) is 6.42 Å². The molecule has 0 aliphatic rings. The maximum Gasteiger partial charge on any atom is 0.323 e. The molecule has 0 aromatic heterocycles. The lowest BCUT2D eigenvalue weighted by Gasteiger charge is -2.28. The van der Waals surface area contributed by atoms with E-state index in [0.29, 0.717) is 12.8 Å². The number of carbonyl (C=O) groups excluding carboxylic acids is 3. The highest BCUT2D eigenvalue weighted by Crippen LogP contribution is 2.19. The Morgan fingerprint density at radius 2 is 1.54 bits per heavy atom. The van der Waals surface area contributed by atoms with Gasteiger partial charge in [-0.25, -0.2) is 0 Å². The Balaban J connectivity index is 4.12. The molecule has 7 nitrogen and oxygen atoms in total. The monoisotopic (exact) mass is 372 g/mol. The lowest BCUT2D eigenvalue weighted by atomic mass is 10.0. The molecule has 0 heterocycles. The maximum atomic E-state index is 12.1. The molecule has 1 atom stereocenters. The van der Waals surface area contributed by atoms with E-state index in [0.717, 1.165) is 25.7 Å². The fraction of sp³-hybridized carbons (Fsp3) is 0.842. The molecule has 1 unspecified atom stereocenters. The van der Waals surface area contributed by atoms with Crippen LogP contribution in [-0.2, 0) is 23.9 Å². The number of carbonyl (C=O) groups is 3. The topological polar surface area (TPSA) is 108 Å². The highest BCUT2D eigenvalue weighted by atomic mass is 16.6. The average molecular weight is 373 g/mol. The van der Waals surface area contributed by atoms with Crippen LogP contribution in [-0.4, -0.2) is 42.1 Å². The van der Waals surface area contributed by atoms with Crippen LogP contribution < -0.4 is 11.1 Å². The van der Waals surface area contributed by atoms with E-state index in [-0.39, 0.29) is 12.3 Å². The van der Waals surface area contributed by atoms with Crippen molar-refractivity contribution in [1.29, 1.82) is 0 Å². The van der Waals surface area contributed by atoms with Crippen LogP contribution >= 0.6 is 0 Å². The average Bonchev–Trinajstić information content (AvgIpc) is 2.46. The Morgan fingerprint density at radius 3 is 2.08 bits per heavy atom. The van der Waals surface area contributed by atoms with E-state index in [1.165, 1.54) is 0 Å². The van der Waals surface area contributed by atoms with E-state index < -0.39 is 29.2 Å². The molecular formula is C19H36N2O5. The number of hydrogen-bond acceptors (Lipinski definition) is 6. The molecule has 7 heteroatoms. The van der Waals surface area contributed by atoms with Gasteiger partial charge in [-0.05, 0) is 47.5 Å². The quantitative estimate of drug-likeness (QED) is 0.426. The molecule has 0 fully saturated rings. The molecule has 0 aromatic rings. The van der Waals surface area contributed by atoms with Crippen molar-refractivity contribution in [3.05, 3.63) is 0 Å². The zero-order chi connectivity index (χ0) is 20.4. The third kappa shape index (κ3) is 12.7. The second-order valence-electron chi connectivity index (χ2n) is 8.18. The number of hydrogen-bond donors (Lipinski definition) is 2. The molecule has 1 amide bonds. The zero-order valence-corrected chi connectivity index (χ0v) is 17.1. The number of nitrogens with one attached hydrogen (secondary N) is 1. The van der Waals surface area contributed by atoms with Crippen molar-refractivity contribution in [3.63, 3.8) is 0 Å². The van der Waals surface area contributed by atoms with Gasteiger partial charge in [-0.2, -0.15) is 0 Å². The van der Waals surface area contributed by atoms with Crippen molar-refractivity contribution in [3.8, 4) is 0 Å². The van der Waals surface area contributed by atoms with Crippen LogP contribution in [0.2, 0.25) is 0 Å². The first-order valence-corrected chi connectivity index (χ1v) is 9.27. The fourth-order valence-electron chi connectivity index (χ4n) is 2.36. The van der Waals surface area contributed by atoms with Crippen LogP contribution in [0.5, 0.6) is 0 Å². The van der Waals surface area contributed by atoms with Gasteiger partial charge in [0.1, 0.15) is 17.2 Å². The molecular weight excluding hydrogens is 336 g/mol. The Bertz CT molecular complexity index is 469. The first-order chi connectivity index (χ1) is 11.9.